The van der Waals surface area contributed by atoms with Crippen LogP contribution in [0.3, 0.4) is 0 Å². The average Bonchev–Trinajstić information content (AvgIpc) is 2.84. The minimum absolute atomic E-state index is 0.143. The van der Waals surface area contributed by atoms with Crippen molar-refractivity contribution in [2.45, 2.75) is 58.8 Å². The number of fused-ring (bicyclic) bond motifs is 1. The second-order valence-electron chi connectivity index (χ2n) is 7.31. The first-order valence-corrected chi connectivity index (χ1v) is 8.98. The zero-order chi connectivity index (χ0) is 20.2. The molecule has 1 aromatic heterocycles. The largest absolute Gasteiger partial charge is 0.480 e. The number of rotatable bonds is 8. The van der Waals surface area contributed by atoms with Gasteiger partial charge in [0.25, 0.3) is 0 Å². The van der Waals surface area contributed by atoms with Gasteiger partial charge in [-0.05, 0) is 39.8 Å². The molecule has 1 heterocycles. The number of carboxylic acid groups (broad SMARTS) is 1. The molecule has 0 fully saturated rings. The van der Waals surface area contributed by atoms with Gasteiger partial charge in [-0.25, -0.2) is 9.59 Å². The molecule has 8 nitrogen and oxygen atoms in total. The lowest BCUT2D eigenvalue weighted by molar-refractivity contribution is -0.142. The topological polar surface area (TPSA) is 103 Å². The number of amides is 1. The highest BCUT2D eigenvalue weighted by atomic mass is 16.5. The number of nitrogens with one attached hydrogen (secondary N) is 1. The number of benzene rings is 1. The van der Waals surface area contributed by atoms with E-state index < -0.39 is 17.9 Å². The van der Waals surface area contributed by atoms with E-state index in [0.717, 1.165) is 5.52 Å². The molecule has 1 amide bonds. The number of para-hydroxylation sites is 2. The van der Waals surface area contributed by atoms with Crippen LogP contribution in [0.25, 0.3) is 11.0 Å². The maximum atomic E-state index is 12.6. The molecule has 0 aliphatic heterocycles. The van der Waals surface area contributed by atoms with Crippen molar-refractivity contribution in [3.63, 3.8) is 0 Å². The summed E-state index contributed by atoms with van der Waals surface area (Å²) in [5.41, 5.74) is 0.702. The van der Waals surface area contributed by atoms with Crippen molar-refractivity contribution in [3.8, 4) is 0 Å². The molecule has 2 rings (SSSR count). The summed E-state index contributed by atoms with van der Waals surface area (Å²) in [5.74, 6) is -1.66. The van der Waals surface area contributed by atoms with E-state index in [-0.39, 0.29) is 30.9 Å². The molecule has 0 saturated heterocycles. The summed E-state index contributed by atoms with van der Waals surface area (Å²) in [6.07, 6.45) is 0.143. The van der Waals surface area contributed by atoms with E-state index in [1.54, 1.807) is 16.7 Å². The number of aliphatic carboxylic acids is 1. The zero-order valence-electron chi connectivity index (χ0n) is 16.2. The lowest BCUT2D eigenvalue weighted by Gasteiger charge is -2.21. The zero-order valence-corrected chi connectivity index (χ0v) is 16.2. The van der Waals surface area contributed by atoms with E-state index in [1.165, 1.54) is 4.57 Å². The Bertz CT molecular complexity index is 876. The van der Waals surface area contributed by atoms with Crippen LogP contribution in [0.15, 0.2) is 29.1 Å². The van der Waals surface area contributed by atoms with Gasteiger partial charge in [0.05, 0.1) is 16.6 Å². The fraction of sp³-hybridized carbons (Fsp3) is 0.526. The van der Waals surface area contributed by atoms with Crippen molar-refractivity contribution < 1.29 is 19.4 Å². The standard InChI is InChI=1S/C19H27N3O5/c1-5-21-14-8-6-7-9-15(14)22(18(21)26)12-16(23)20-13(17(24)25)10-11-27-19(2,3)4/h6-9,13H,5,10-12H2,1-4H3,(H,20,23)(H,24,25). The van der Waals surface area contributed by atoms with E-state index in [0.29, 0.717) is 12.1 Å². The Hall–Kier alpha value is -2.61. The number of hydrogen-bond acceptors (Lipinski definition) is 4. The minimum Gasteiger partial charge on any atom is -0.480 e. The number of carbonyl (C=O) groups is 2. The predicted octanol–water partition coefficient (Wildman–Crippen LogP) is 1.60. The normalized spacial score (nSPS) is 12.9. The Balaban J connectivity index is 2.12. The van der Waals surface area contributed by atoms with Crippen molar-refractivity contribution in [1.29, 1.82) is 0 Å². The van der Waals surface area contributed by atoms with Crippen LogP contribution in [0.2, 0.25) is 0 Å². The second kappa shape index (κ2) is 8.39. The van der Waals surface area contributed by atoms with Gasteiger partial charge in [0.1, 0.15) is 12.6 Å². The molecular formula is C19H27N3O5. The lowest BCUT2D eigenvalue weighted by Crippen LogP contribution is -2.44. The second-order valence-corrected chi connectivity index (χ2v) is 7.31. The molecule has 0 aliphatic carbocycles. The molecule has 8 heteroatoms. The fourth-order valence-electron chi connectivity index (χ4n) is 2.85. The molecule has 1 unspecified atom stereocenters. The first-order valence-electron chi connectivity index (χ1n) is 8.98. The summed E-state index contributed by atoms with van der Waals surface area (Å²) in [7, 11) is 0. The molecule has 0 aliphatic rings. The third-order valence-electron chi connectivity index (χ3n) is 4.12. The van der Waals surface area contributed by atoms with Crippen LogP contribution in [0.1, 0.15) is 34.1 Å². The third-order valence-corrected chi connectivity index (χ3v) is 4.12. The molecule has 2 aromatic rings. The first kappa shape index (κ1) is 20.7. The van der Waals surface area contributed by atoms with Gasteiger partial charge in [0, 0.05) is 19.6 Å². The number of carbonyl (C=O) groups excluding carboxylic acids is 1. The van der Waals surface area contributed by atoms with Crippen LogP contribution in [-0.4, -0.2) is 44.4 Å². The molecule has 0 radical (unpaired) electrons. The Kier molecular flexibility index (Phi) is 6.43. The SMILES string of the molecule is CCn1c(=O)n(CC(=O)NC(CCOC(C)(C)C)C(=O)O)c2ccccc21. The molecule has 0 bridgehead atoms. The maximum Gasteiger partial charge on any atom is 0.329 e. The van der Waals surface area contributed by atoms with E-state index >= 15 is 0 Å². The number of nitrogens with zero attached hydrogens (tertiary/aromatic N) is 2. The van der Waals surface area contributed by atoms with Gasteiger partial charge < -0.3 is 15.2 Å². The van der Waals surface area contributed by atoms with Gasteiger partial charge in [-0.15, -0.1) is 0 Å². The maximum absolute atomic E-state index is 12.6. The Morgan fingerprint density at radius 2 is 1.78 bits per heavy atom. The van der Waals surface area contributed by atoms with Crippen molar-refractivity contribution in [1.82, 2.24) is 14.5 Å². The molecule has 27 heavy (non-hydrogen) atoms. The summed E-state index contributed by atoms with van der Waals surface area (Å²) >= 11 is 0. The highest BCUT2D eigenvalue weighted by molar-refractivity contribution is 5.85. The van der Waals surface area contributed by atoms with Crippen LogP contribution in [0.4, 0.5) is 0 Å². The van der Waals surface area contributed by atoms with Crippen LogP contribution in [0.5, 0.6) is 0 Å². The Morgan fingerprint density at radius 3 is 2.30 bits per heavy atom. The van der Waals surface area contributed by atoms with Crippen molar-refractivity contribution in [2.24, 2.45) is 0 Å². The summed E-state index contributed by atoms with van der Waals surface area (Å²) in [6, 6.07) is 6.13. The quantitative estimate of drug-likeness (QED) is 0.727. The lowest BCUT2D eigenvalue weighted by atomic mass is 10.1. The number of ether oxygens (including phenoxy) is 1. The van der Waals surface area contributed by atoms with Crippen molar-refractivity contribution in [2.75, 3.05) is 6.61 Å². The highest BCUT2D eigenvalue weighted by Crippen LogP contribution is 2.12. The van der Waals surface area contributed by atoms with Gasteiger partial charge in [-0.3, -0.25) is 13.9 Å². The third kappa shape index (κ3) is 5.19. The van der Waals surface area contributed by atoms with E-state index in [2.05, 4.69) is 5.32 Å². The molecule has 1 atom stereocenters. The summed E-state index contributed by atoms with van der Waals surface area (Å²) < 4.78 is 8.47. The van der Waals surface area contributed by atoms with E-state index in [9.17, 15) is 19.5 Å². The summed E-state index contributed by atoms with van der Waals surface area (Å²) in [4.78, 5) is 36.4. The molecule has 0 spiro atoms. The van der Waals surface area contributed by atoms with Crippen LogP contribution < -0.4 is 11.0 Å². The number of carboxylic acids is 1. The summed E-state index contributed by atoms with van der Waals surface area (Å²) in [5, 5.41) is 11.8. The smallest absolute Gasteiger partial charge is 0.329 e. The molecule has 2 N–H and O–H groups in total. The number of aryl methyl sites for hydroxylation is 1. The first-order chi connectivity index (χ1) is 12.6. The van der Waals surface area contributed by atoms with Gasteiger partial charge in [-0.2, -0.15) is 0 Å². The van der Waals surface area contributed by atoms with Crippen molar-refractivity contribution in [3.05, 3.63) is 34.7 Å². The Labute approximate surface area is 157 Å². The monoisotopic (exact) mass is 377 g/mol. The van der Waals surface area contributed by atoms with E-state index in [4.69, 9.17) is 4.74 Å². The Morgan fingerprint density at radius 1 is 1.19 bits per heavy atom. The van der Waals surface area contributed by atoms with Gasteiger partial charge in [0.2, 0.25) is 5.91 Å². The fourth-order valence-corrected chi connectivity index (χ4v) is 2.85. The molecule has 148 valence electrons. The molecule has 0 saturated carbocycles. The predicted molar refractivity (Wildman–Crippen MR) is 102 cm³/mol. The van der Waals surface area contributed by atoms with Crippen LogP contribution in [0, 0.1) is 0 Å². The molecule has 1 aromatic carbocycles. The van der Waals surface area contributed by atoms with Crippen LogP contribution >= 0.6 is 0 Å². The van der Waals surface area contributed by atoms with Crippen LogP contribution in [-0.2, 0) is 27.4 Å². The average molecular weight is 377 g/mol. The number of aromatic nitrogens is 2. The molecular weight excluding hydrogens is 350 g/mol. The van der Waals surface area contributed by atoms with Crippen molar-refractivity contribution >= 4 is 22.9 Å². The van der Waals surface area contributed by atoms with E-state index in [1.807, 2.05) is 39.8 Å². The minimum atomic E-state index is -1.14. The number of hydrogen-bond donors (Lipinski definition) is 2. The highest BCUT2D eigenvalue weighted by Gasteiger charge is 2.22. The van der Waals surface area contributed by atoms with Gasteiger partial charge in [0.15, 0.2) is 0 Å². The van der Waals surface area contributed by atoms with Gasteiger partial charge >= 0.3 is 11.7 Å². The number of imidazole rings is 1. The van der Waals surface area contributed by atoms with Gasteiger partial charge in [-0.1, -0.05) is 12.1 Å². The summed E-state index contributed by atoms with van der Waals surface area (Å²) in [6.45, 7) is 7.92.